The summed E-state index contributed by atoms with van der Waals surface area (Å²) in [6.45, 7) is 2.49. The fraction of sp³-hybridized carbons (Fsp3) is 0.600. The largest absolute Gasteiger partial charge is 0.401 e. The molecule has 1 aromatic carbocycles. The molecule has 0 N–H and O–H groups in total. The lowest BCUT2D eigenvalue weighted by atomic mass is 10.1. The van der Waals surface area contributed by atoms with Gasteiger partial charge in [-0.1, -0.05) is 30.3 Å². The Morgan fingerprint density at radius 3 is 2.50 bits per heavy atom. The average molecular weight is 399 g/mol. The topological polar surface area (TPSA) is 43.9 Å². The van der Waals surface area contributed by atoms with Crippen LogP contribution in [0, 0.1) is 5.92 Å². The summed E-state index contributed by atoms with van der Waals surface area (Å²) in [5.74, 6) is -0.617. The van der Waals surface area contributed by atoms with Gasteiger partial charge in [0.25, 0.3) is 0 Å². The molecule has 1 atom stereocenters. The van der Waals surface area contributed by atoms with Crippen LogP contribution in [-0.2, 0) is 16.0 Å². The van der Waals surface area contributed by atoms with Gasteiger partial charge in [0.1, 0.15) is 0 Å². The van der Waals surface area contributed by atoms with Crippen molar-refractivity contribution in [3.8, 4) is 0 Å². The lowest BCUT2D eigenvalue weighted by molar-refractivity contribution is -0.144. The highest BCUT2D eigenvalue weighted by Crippen LogP contribution is 2.21. The maximum absolute atomic E-state index is 12.7. The first kappa shape index (κ1) is 22.2. The molecule has 1 aliphatic heterocycles. The van der Waals surface area contributed by atoms with E-state index in [0.29, 0.717) is 19.6 Å². The molecule has 5 nitrogen and oxygen atoms in total. The summed E-state index contributed by atoms with van der Waals surface area (Å²) in [5, 5.41) is 0. The van der Waals surface area contributed by atoms with Gasteiger partial charge in [-0.05, 0) is 26.0 Å². The van der Waals surface area contributed by atoms with Crippen LogP contribution in [0.25, 0.3) is 0 Å². The third-order valence-corrected chi connectivity index (χ3v) is 4.97. The number of alkyl halides is 3. The van der Waals surface area contributed by atoms with E-state index in [1.807, 2.05) is 30.3 Å². The van der Waals surface area contributed by atoms with E-state index in [4.69, 9.17) is 0 Å². The lowest BCUT2D eigenvalue weighted by Crippen LogP contribution is -2.43. The highest BCUT2D eigenvalue weighted by atomic mass is 19.4. The standard InChI is InChI=1S/C20H28F3N3O2/c1-3-25(12-11-24(2)15-20(21,22)23)19(28)17-13-18(27)26(14-17)10-9-16-7-5-4-6-8-16/h4-8,17H,3,9-15H2,1-2H3/t17-/m1/s1. The van der Waals surface area contributed by atoms with Crippen molar-refractivity contribution in [2.75, 3.05) is 46.3 Å². The van der Waals surface area contributed by atoms with Crippen molar-refractivity contribution in [1.29, 1.82) is 0 Å². The summed E-state index contributed by atoms with van der Waals surface area (Å²) >= 11 is 0. The molecule has 8 heteroatoms. The summed E-state index contributed by atoms with van der Waals surface area (Å²) in [5.41, 5.74) is 1.13. The van der Waals surface area contributed by atoms with Crippen LogP contribution < -0.4 is 0 Å². The van der Waals surface area contributed by atoms with E-state index in [1.54, 1.807) is 16.7 Å². The molecule has 0 spiro atoms. The second-order valence-corrected chi connectivity index (χ2v) is 7.25. The Kier molecular flexibility index (Phi) is 7.86. The first-order chi connectivity index (χ1) is 13.2. The second-order valence-electron chi connectivity index (χ2n) is 7.25. The summed E-state index contributed by atoms with van der Waals surface area (Å²) in [4.78, 5) is 29.4. The van der Waals surface area contributed by atoms with Crippen LogP contribution in [0.5, 0.6) is 0 Å². The number of hydrogen-bond acceptors (Lipinski definition) is 3. The minimum absolute atomic E-state index is 0.0421. The molecule has 1 aliphatic rings. The maximum Gasteiger partial charge on any atom is 0.401 e. The summed E-state index contributed by atoms with van der Waals surface area (Å²) < 4.78 is 37.3. The number of nitrogens with zero attached hydrogens (tertiary/aromatic N) is 3. The van der Waals surface area contributed by atoms with Gasteiger partial charge in [0.15, 0.2) is 0 Å². The van der Waals surface area contributed by atoms with E-state index in [1.165, 1.54) is 7.05 Å². The monoisotopic (exact) mass is 399 g/mol. The molecule has 0 radical (unpaired) electrons. The number of likely N-dealkylation sites (N-methyl/N-ethyl adjacent to an activating group) is 2. The van der Waals surface area contributed by atoms with E-state index in [0.717, 1.165) is 16.9 Å². The van der Waals surface area contributed by atoms with E-state index in [9.17, 15) is 22.8 Å². The SMILES string of the molecule is CCN(CCN(C)CC(F)(F)F)C(=O)[C@@H]1CC(=O)N(CCc2ccccc2)C1. The van der Waals surface area contributed by atoms with E-state index in [-0.39, 0.29) is 31.3 Å². The Balaban J connectivity index is 1.84. The maximum atomic E-state index is 12.7. The van der Waals surface area contributed by atoms with Gasteiger partial charge in [-0.15, -0.1) is 0 Å². The summed E-state index contributed by atoms with van der Waals surface area (Å²) in [6, 6.07) is 9.83. The summed E-state index contributed by atoms with van der Waals surface area (Å²) in [7, 11) is 1.39. The Bertz CT molecular complexity index is 652. The zero-order valence-corrected chi connectivity index (χ0v) is 16.4. The average Bonchev–Trinajstić information content (AvgIpc) is 3.00. The molecule has 0 aromatic heterocycles. The van der Waals surface area contributed by atoms with Crippen molar-refractivity contribution >= 4 is 11.8 Å². The van der Waals surface area contributed by atoms with E-state index >= 15 is 0 Å². The zero-order valence-electron chi connectivity index (χ0n) is 16.4. The summed E-state index contributed by atoms with van der Waals surface area (Å²) in [6.07, 6.45) is -3.36. The molecular formula is C20H28F3N3O2. The first-order valence-corrected chi connectivity index (χ1v) is 9.55. The van der Waals surface area contributed by atoms with Gasteiger partial charge in [0.05, 0.1) is 12.5 Å². The molecule has 2 amide bonds. The minimum atomic E-state index is -4.26. The van der Waals surface area contributed by atoms with Crippen molar-refractivity contribution < 1.29 is 22.8 Å². The lowest BCUT2D eigenvalue weighted by Gasteiger charge is -2.27. The fourth-order valence-corrected chi connectivity index (χ4v) is 3.42. The molecule has 2 rings (SSSR count). The van der Waals surface area contributed by atoms with Crippen LogP contribution in [0.15, 0.2) is 30.3 Å². The van der Waals surface area contributed by atoms with Gasteiger partial charge in [0.2, 0.25) is 11.8 Å². The third kappa shape index (κ3) is 6.82. The van der Waals surface area contributed by atoms with Crippen LogP contribution >= 0.6 is 0 Å². The molecule has 1 saturated heterocycles. The van der Waals surface area contributed by atoms with E-state index < -0.39 is 18.6 Å². The number of benzene rings is 1. The van der Waals surface area contributed by atoms with Crippen LogP contribution in [0.3, 0.4) is 0 Å². The second kappa shape index (κ2) is 9.91. The number of carbonyl (C=O) groups is 2. The smallest absolute Gasteiger partial charge is 0.342 e. The molecular weight excluding hydrogens is 371 g/mol. The molecule has 0 bridgehead atoms. The molecule has 156 valence electrons. The van der Waals surface area contributed by atoms with Gasteiger partial charge < -0.3 is 9.80 Å². The fourth-order valence-electron chi connectivity index (χ4n) is 3.42. The molecule has 1 heterocycles. The van der Waals surface area contributed by atoms with Crippen molar-refractivity contribution in [2.45, 2.75) is 25.9 Å². The van der Waals surface area contributed by atoms with Crippen molar-refractivity contribution in [1.82, 2.24) is 14.7 Å². The van der Waals surface area contributed by atoms with Gasteiger partial charge in [-0.3, -0.25) is 14.5 Å². The Morgan fingerprint density at radius 1 is 1.21 bits per heavy atom. The molecule has 28 heavy (non-hydrogen) atoms. The van der Waals surface area contributed by atoms with Gasteiger partial charge in [0, 0.05) is 39.1 Å². The van der Waals surface area contributed by atoms with Gasteiger partial charge >= 0.3 is 6.18 Å². The van der Waals surface area contributed by atoms with Crippen molar-refractivity contribution in [3.63, 3.8) is 0 Å². The normalized spacial score (nSPS) is 17.4. The van der Waals surface area contributed by atoms with Gasteiger partial charge in [-0.25, -0.2) is 0 Å². The molecule has 1 aromatic rings. The first-order valence-electron chi connectivity index (χ1n) is 9.55. The molecule has 1 fully saturated rings. The number of halogens is 3. The van der Waals surface area contributed by atoms with E-state index in [2.05, 4.69) is 0 Å². The molecule has 0 unspecified atom stereocenters. The highest BCUT2D eigenvalue weighted by molar-refractivity contribution is 5.89. The Hall–Kier alpha value is -2.09. The number of rotatable bonds is 9. The zero-order chi connectivity index (χ0) is 20.7. The quantitative estimate of drug-likeness (QED) is 0.641. The molecule has 0 saturated carbocycles. The Labute approximate surface area is 164 Å². The minimum Gasteiger partial charge on any atom is -0.342 e. The predicted octanol–water partition coefficient (Wildman–Crippen LogP) is 2.42. The predicted molar refractivity (Wildman–Crippen MR) is 101 cm³/mol. The number of carbonyl (C=O) groups excluding carboxylic acids is 2. The van der Waals surface area contributed by atoms with Crippen molar-refractivity contribution in [3.05, 3.63) is 35.9 Å². The number of amides is 2. The van der Waals surface area contributed by atoms with Crippen LogP contribution in [0.4, 0.5) is 13.2 Å². The van der Waals surface area contributed by atoms with Crippen LogP contribution in [-0.4, -0.2) is 79.0 Å². The van der Waals surface area contributed by atoms with Crippen LogP contribution in [0.1, 0.15) is 18.9 Å². The number of likely N-dealkylation sites (tertiary alicyclic amines) is 1. The van der Waals surface area contributed by atoms with Crippen molar-refractivity contribution in [2.24, 2.45) is 5.92 Å². The highest BCUT2D eigenvalue weighted by Gasteiger charge is 2.36. The third-order valence-electron chi connectivity index (χ3n) is 4.97. The molecule has 0 aliphatic carbocycles. The van der Waals surface area contributed by atoms with Crippen LogP contribution in [0.2, 0.25) is 0 Å². The van der Waals surface area contributed by atoms with Gasteiger partial charge in [-0.2, -0.15) is 13.2 Å². The number of hydrogen-bond donors (Lipinski definition) is 0. The Morgan fingerprint density at radius 2 is 1.89 bits per heavy atom.